The molecule has 1 atom stereocenters. The zero-order chi connectivity index (χ0) is 14.0. The van der Waals surface area contributed by atoms with Gasteiger partial charge in [0, 0.05) is 19.6 Å². The van der Waals surface area contributed by atoms with Crippen molar-refractivity contribution in [2.75, 3.05) is 18.0 Å². The third kappa shape index (κ3) is 2.60. The molecular formula is C13H17BrFN3O. The number of rotatable bonds is 3. The molecule has 0 aliphatic carbocycles. The number of hydrogen-bond acceptors (Lipinski definition) is 3. The molecule has 0 radical (unpaired) electrons. The SMILES string of the molecule is CCC1C(=O)NCCN1c1ccc(CN)c(Br)c1F. The fraction of sp³-hybridized carbons (Fsp3) is 0.462. The summed E-state index contributed by atoms with van der Waals surface area (Å²) < 4.78 is 14.8. The largest absolute Gasteiger partial charge is 0.355 e. The Morgan fingerprint density at radius 3 is 2.95 bits per heavy atom. The van der Waals surface area contributed by atoms with Crippen LogP contribution in [0.3, 0.4) is 0 Å². The number of nitrogens with one attached hydrogen (secondary N) is 1. The molecule has 4 nitrogen and oxygen atoms in total. The van der Waals surface area contributed by atoms with Gasteiger partial charge in [-0.2, -0.15) is 0 Å². The standard InChI is InChI=1S/C13H17BrFN3O/c1-2-9-13(19)17-5-6-18(9)10-4-3-8(7-16)11(14)12(10)15/h3-4,9H,2,5-7,16H2,1H3,(H,17,19). The maximum absolute atomic E-state index is 14.4. The number of piperazine rings is 1. The highest BCUT2D eigenvalue weighted by molar-refractivity contribution is 9.10. The van der Waals surface area contributed by atoms with Crippen molar-refractivity contribution in [3.63, 3.8) is 0 Å². The van der Waals surface area contributed by atoms with E-state index in [2.05, 4.69) is 21.2 Å². The van der Waals surface area contributed by atoms with Gasteiger partial charge in [-0.25, -0.2) is 4.39 Å². The van der Waals surface area contributed by atoms with E-state index in [-0.39, 0.29) is 24.3 Å². The van der Waals surface area contributed by atoms with Gasteiger partial charge in [0.05, 0.1) is 10.2 Å². The van der Waals surface area contributed by atoms with Crippen LogP contribution >= 0.6 is 15.9 Å². The predicted octanol–water partition coefficient (Wildman–Crippen LogP) is 1.76. The van der Waals surface area contributed by atoms with Crippen LogP contribution in [0.25, 0.3) is 0 Å². The molecule has 1 unspecified atom stereocenters. The number of carbonyl (C=O) groups excluding carboxylic acids is 1. The van der Waals surface area contributed by atoms with Gasteiger partial charge in [-0.1, -0.05) is 13.0 Å². The van der Waals surface area contributed by atoms with Gasteiger partial charge in [-0.15, -0.1) is 0 Å². The van der Waals surface area contributed by atoms with Gasteiger partial charge in [0.1, 0.15) is 6.04 Å². The second-order valence-electron chi connectivity index (χ2n) is 4.48. The number of nitrogens with zero attached hydrogens (tertiary/aromatic N) is 1. The van der Waals surface area contributed by atoms with Crippen molar-refractivity contribution in [1.82, 2.24) is 5.32 Å². The van der Waals surface area contributed by atoms with Crippen molar-refractivity contribution < 1.29 is 9.18 Å². The normalized spacial score (nSPS) is 19.5. The Balaban J connectivity index is 2.40. The molecule has 1 heterocycles. The molecule has 1 amide bonds. The molecule has 0 spiro atoms. The zero-order valence-electron chi connectivity index (χ0n) is 10.7. The molecule has 2 rings (SSSR count). The maximum Gasteiger partial charge on any atom is 0.242 e. The summed E-state index contributed by atoms with van der Waals surface area (Å²) in [5.74, 6) is -0.400. The third-order valence-corrected chi connectivity index (χ3v) is 4.25. The lowest BCUT2D eigenvalue weighted by molar-refractivity contribution is -0.123. The average molecular weight is 330 g/mol. The lowest BCUT2D eigenvalue weighted by atomic mass is 10.1. The van der Waals surface area contributed by atoms with E-state index in [1.165, 1.54) is 0 Å². The lowest BCUT2D eigenvalue weighted by Gasteiger charge is -2.36. The smallest absolute Gasteiger partial charge is 0.242 e. The van der Waals surface area contributed by atoms with E-state index in [4.69, 9.17) is 5.73 Å². The van der Waals surface area contributed by atoms with E-state index in [0.717, 1.165) is 5.56 Å². The van der Waals surface area contributed by atoms with Gasteiger partial charge in [-0.3, -0.25) is 4.79 Å². The fourth-order valence-corrected chi connectivity index (χ4v) is 2.86. The summed E-state index contributed by atoms with van der Waals surface area (Å²) in [6.45, 7) is 3.33. The average Bonchev–Trinajstić information content (AvgIpc) is 2.41. The number of hydrogen-bond donors (Lipinski definition) is 2. The molecule has 6 heteroatoms. The second-order valence-corrected chi connectivity index (χ2v) is 5.28. The molecular weight excluding hydrogens is 313 g/mol. The fourth-order valence-electron chi connectivity index (χ4n) is 2.37. The van der Waals surface area contributed by atoms with Crippen molar-refractivity contribution >= 4 is 27.5 Å². The summed E-state index contributed by atoms with van der Waals surface area (Å²) >= 11 is 3.23. The van der Waals surface area contributed by atoms with E-state index in [1.54, 1.807) is 12.1 Å². The first-order chi connectivity index (χ1) is 9.10. The van der Waals surface area contributed by atoms with Crippen molar-refractivity contribution in [3.05, 3.63) is 28.0 Å². The number of benzene rings is 1. The highest BCUT2D eigenvalue weighted by atomic mass is 79.9. The first-order valence-electron chi connectivity index (χ1n) is 6.31. The van der Waals surface area contributed by atoms with Gasteiger partial charge >= 0.3 is 0 Å². The van der Waals surface area contributed by atoms with E-state index >= 15 is 0 Å². The summed E-state index contributed by atoms with van der Waals surface area (Å²) in [6.07, 6.45) is 0.640. The number of amides is 1. The van der Waals surface area contributed by atoms with Crippen molar-refractivity contribution in [3.8, 4) is 0 Å². The first kappa shape index (κ1) is 14.3. The zero-order valence-corrected chi connectivity index (χ0v) is 12.3. The highest BCUT2D eigenvalue weighted by Gasteiger charge is 2.30. The Kier molecular flexibility index (Phi) is 4.42. The monoisotopic (exact) mass is 329 g/mol. The first-order valence-corrected chi connectivity index (χ1v) is 7.10. The summed E-state index contributed by atoms with van der Waals surface area (Å²) in [5, 5.41) is 2.80. The van der Waals surface area contributed by atoms with Gasteiger partial charge < -0.3 is 16.0 Å². The molecule has 19 heavy (non-hydrogen) atoms. The Bertz CT molecular complexity index is 495. The molecule has 3 N–H and O–H groups in total. The van der Waals surface area contributed by atoms with Gasteiger partial charge in [-0.05, 0) is 34.0 Å². The number of nitrogens with two attached hydrogens (primary N) is 1. The summed E-state index contributed by atoms with van der Waals surface area (Å²) in [6, 6.07) is 3.17. The Labute approximate surface area is 120 Å². The lowest BCUT2D eigenvalue weighted by Crippen LogP contribution is -2.55. The molecule has 0 aromatic heterocycles. The van der Waals surface area contributed by atoms with Crippen molar-refractivity contribution in [2.45, 2.75) is 25.9 Å². The van der Waals surface area contributed by atoms with Gasteiger partial charge in [0.15, 0.2) is 5.82 Å². The molecule has 1 aromatic rings. The number of carbonyl (C=O) groups is 1. The summed E-state index contributed by atoms with van der Waals surface area (Å²) in [4.78, 5) is 13.6. The molecule has 104 valence electrons. The number of anilines is 1. The molecule has 1 aromatic carbocycles. The molecule has 1 saturated heterocycles. The molecule has 0 saturated carbocycles. The maximum atomic E-state index is 14.4. The van der Waals surface area contributed by atoms with Crippen LogP contribution in [0.15, 0.2) is 16.6 Å². The number of halogens is 2. The van der Waals surface area contributed by atoms with Crippen LogP contribution in [0, 0.1) is 5.82 Å². The van der Waals surface area contributed by atoms with E-state index in [0.29, 0.717) is 29.7 Å². The van der Waals surface area contributed by atoms with Crippen molar-refractivity contribution in [2.24, 2.45) is 5.73 Å². The van der Waals surface area contributed by atoms with Crippen LogP contribution in [-0.2, 0) is 11.3 Å². The summed E-state index contributed by atoms with van der Waals surface area (Å²) in [7, 11) is 0. The minimum atomic E-state index is -0.351. The van der Waals surface area contributed by atoms with Crippen LogP contribution in [0.2, 0.25) is 0 Å². The Hall–Kier alpha value is -1.14. The second kappa shape index (κ2) is 5.88. The van der Waals surface area contributed by atoms with E-state index in [1.807, 2.05) is 11.8 Å². The molecule has 1 fully saturated rings. The summed E-state index contributed by atoms with van der Waals surface area (Å²) in [5.41, 5.74) is 6.72. The van der Waals surface area contributed by atoms with Crippen molar-refractivity contribution in [1.29, 1.82) is 0 Å². The minimum absolute atomic E-state index is 0.0489. The van der Waals surface area contributed by atoms with Crippen LogP contribution in [0.5, 0.6) is 0 Å². The van der Waals surface area contributed by atoms with Crippen LogP contribution in [0.1, 0.15) is 18.9 Å². The highest BCUT2D eigenvalue weighted by Crippen LogP contribution is 2.31. The minimum Gasteiger partial charge on any atom is -0.355 e. The predicted molar refractivity (Wildman–Crippen MR) is 76.4 cm³/mol. The Morgan fingerprint density at radius 1 is 1.58 bits per heavy atom. The third-order valence-electron chi connectivity index (χ3n) is 3.39. The van der Waals surface area contributed by atoms with E-state index < -0.39 is 0 Å². The molecule has 1 aliphatic rings. The van der Waals surface area contributed by atoms with Crippen LogP contribution < -0.4 is 16.0 Å². The Morgan fingerprint density at radius 2 is 2.32 bits per heavy atom. The van der Waals surface area contributed by atoms with E-state index in [9.17, 15) is 9.18 Å². The van der Waals surface area contributed by atoms with Crippen LogP contribution in [-0.4, -0.2) is 25.0 Å². The topological polar surface area (TPSA) is 58.4 Å². The van der Waals surface area contributed by atoms with Gasteiger partial charge in [0.2, 0.25) is 5.91 Å². The van der Waals surface area contributed by atoms with Crippen LogP contribution in [0.4, 0.5) is 10.1 Å². The molecule has 1 aliphatic heterocycles. The quantitative estimate of drug-likeness (QED) is 0.888. The molecule has 0 bridgehead atoms. The van der Waals surface area contributed by atoms with Gasteiger partial charge in [0.25, 0.3) is 0 Å².